The lowest BCUT2D eigenvalue weighted by Crippen LogP contribution is -2.31. The number of nitrogens with zero attached hydrogens (tertiary/aromatic N) is 1. The van der Waals surface area contributed by atoms with Gasteiger partial charge >= 0.3 is 0 Å². The minimum Gasteiger partial charge on any atom is -0.484 e. The number of benzene rings is 2. The van der Waals surface area contributed by atoms with E-state index >= 15 is 0 Å². The number of likely N-dealkylation sites (N-methyl/N-ethyl adjacent to an activating group) is 1. The number of amides is 1. The van der Waals surface area contributed by atoms with Crippen LogP contribution >= 0.6 is 0 Å². The zero-order chi connectivity index (χ0) is 17.7. The van der Waals surface area contributed by atoms with Crippen LogP contribution in [0.1, 0.15) is 22.8 Å². The minimum atomic E-state index is -0.704. The molecule has 24 heavy (non-hydrogen) atoms. The molecule has 0 radical (unpaired) electrons. The fraction of sp³-hybridized carbons (Fsp3) is 0.222. The van der Waals surface area contributed by atoms with E-state index in [1.165, 1.54) is 24.9 Å². The molecule has 0 unspecified atom stereocenters. The van der Waals surface area contributed by atoms with Crippen LogP contribution in [0.2, 0.25) is 0 Å². The largest absolute Gasteiger partial charge is 0.484 e. The number of ether oxygens (including phenoxy) is 1. The maximum absolute atomic E-state index is 13.6. The molecule has 0 spiro atoms. The second-order valence-corrected chi connectivity index (χ2v) is 5.36. The fourth-order valence-corrected chi connectivity index (χ4v) is 2.05. The standard InChI is InChI=1S/C18H17F2NO3/c1-12(22)13-4-3-5-16(8-13)24-11-18(23)21(2)10-14-6-7-15(19)9-17(14)20/h3-9H,10-11H2,1-2H3. The molecule has 2 aromatic carbocycles. The molecule has 1 amide bonds. The number of carbonyl (C=O) groups excluding carboxylic acids is 2. The van der Waals surface area contributed by atoms with Crippen LogP contribution in [-0.4, -0.2) is 30.2 Å². The van der Waals surface area contributed by atoms with Crippen molar-refractivity contribution in [1.82, 2.24) is 4.90 Å². The van der Waals surface area contributed by atoms with Gasteiger partial charge in [-0.3, -0.25) is 9.59 Å². The van der Waals surface area contributed by atoms with Gasteiger partial charge < -0.3 is 9.64 Å². The highest BCUT2D eigenvalue weighted by molar-refractivity contribution is 5.94. The van der Waals surface area contributed by atoms with Crippen LogP contribution in [0.25, 0.3) is 0 Å². The van der Waals surface area contributed by atoms with E-state index in [4.69, 9.17) is 4.74 Å². The molecule has 2 rings (SSSR count). The molecule has 0 aliphatic rings. The van der Waals surface area contributed by atoms with E-state index < -0.39 is 11.6 Å². The first-order valence-corrected chi connectivity index (χ1v) is 7.28. The summed E-state index contributed by atoms with van der Waals surface area (Å²) in [6.45, 7) is 1.19. The maximum Gasteiger partial charge on any atom is 0.260 e. The Morgan fingerprint density at radius 3 is 2.54 bits per heavy atom. The van der Waals surface area contributed by atoms with Gasteiger partial charge in [0.1, 0.15) is 17.4 Å². The average molecular weight is 333 g/mol. The topological polar surface area (TPSA) is 46.6 Å². The van der Waals surface area contributed by atoms with Gasteiger partial charge in [-0.2, -0.15) is 0 Å². The monoisotopic (exact) mass is 333 g/mol. The summed E-state index contributed by atoms with van der Waals surface area (Å²) in [5.41, 5.74) is 0.701. The van der Waals surface area contributed by atoms with Crippen LogP contribution in [0.3, 0.4) is 0 Å². The Morgan fingerprint density at radius 1 is 1.12 bits per heavy atom. The van der Waals surface area contributed by atoms with Crippen LogP contribution < -0.4 is 4.74 Å². The molecular formula is C18H17F2NO3. The van der Waals surface area contributed by atoms with E-state index in [-0.39, 0.29) is 30.4 Å². The molecule has 0 saturated heterocycles. The Kier molecular flexibility index (Phi) is 5.63. The Hall–Kier alpha value is -2.76. The van der Waals surface area contributed by atoms with Crippen molar-refractivity contribution in [3.05, 3.63) is 65.2 Å². The molecule has 0 heterocycles. The van der Waals surface area contributed by atoms with Crippen LogP contribution in [0.5, 0.6) is 5.75 Å². The predicted octanol–water partition coefficient (Wildman–Crippen LogP) is 3.20. The third-order valence-electron chi connectivity index (χ3n) is 3.45. The molecule has 2 aromatic rings. The summed E-state index contributed by atoms with van der Waals surface area (Å²) in [6, 6.07) is 9.72. The van der Waals surface area contributed by atoms with Gasteiger partial charge in [-0.15, -0.1) is 0 Å². The smallest absolute Gasteiger partial charge is 0.260 e. The summed E-state index contributed by atoms with van der Waals surface area (Å²) in [7, 11) is 1.50. The van der Waals surface area contributed by atoms with Crippen molar-refractivity contribution in [3.8, 4) is 5.75 Å². The number of carbonyl (C=O) groups is 2. The zero-order valence-electron chi connectivity index (χ0n) is 13.4. The van der Waals surface area contributed by atoms with Gasteiger partial charge in [0, 0.05) is 30.8 Å². The lowest BCUT2D eigenvalue weighted by molar-refractivity contribution is -0.132. The second-order valence-electron chi connectivity index (χ2n) is 5.36. The molecule has 4 nitrogen and oxygen atoms in total. The average Bonchev–Trinajstić information content (AvgIpc) is 2.55. The van der Waals surface area contributed by atoms with Gasteiger partial charge in [0.25, 0.3) is 5.91 Å². The molecule has 0 atom stereocenters. The van der Waals surface area contributed by atoms with E-state index in [0.29, 0.717) is 11.3 Å². The molecule has 6 heteroatoms. The van der Waals surface area contributed by atoms with E-state index in [2.05, 4.69) is 0 Å². The molecule has 0 aliphatic carbocycles. The van der Waals surface area contributed by atoms with Crippen LogP contribution in [0, 0.1) is 11.6 Å². The van der Waals surface area contributed by atoms with Gasteiger partial charge in [-0.05, 0) is 25.1 Å². The van der Waals surface area contributed by atoms with Crippen molar-refractivity contribution in [2.24, 2.45) is 0 Å². The normalized spacial score (nSPS) is 10.3. The number of hydrogen-bond acceptors (Lipinski definition) is 3. The number of halogens is 2. The zero-order valence-corrected chi connectivity index (χ0v) is 13.4. The van der Waals surface area contributed by atoms with Crippen molar-refractivity contribution in [2.45, 2.75) is 13.5 Å². The van der Waals surface area contributed by atoms with Crippen LogP contribution in [0.15, 0.2) is 42.5 Å². The van der Waals surface area contributed by atoms with Gasteiger partial charge in [-0.1, -0.05) is 18.2 Å². The highest BCUT2D eigenvalue weighted by Gasteiger charge is 2.13. The van der Waals surface area contributed by atoms with Gasteiger partial charge in [-0.25, -0.2) is 8.78 Å². The van der Waals surface area contributed by atoms with Gasteiger partial charge in [0.15, 0.2) is 12.4 Å². The molecule has 0 saturated carbocycles. The molecule has 0 bridgehead atoms. The van der Waals surface area contributed by atoms with E-state index in [1.54, 1.807) is 24.3 Å². The Balaban J connectivity index is 1.94. The summed E-state index contributed by atoms with van der Waals surface area (Å²) in [5.74, 6) is -1.44. The maximum atomic E-state index is 13.6. The van der Waals surface area contributed by atoms with Crippen molar-refractivity contribution in [2.75, 3.05) is 13.7 Å². The molecule has 0 N–H and O–H groups in total. The lowest BCUT2D eigenvalue weighted by atomic mass is 10.1. The van der Waals surface area contributed by atoms with Crippen molar-refractivity contribution in [1.29, 1.82) is 0 Å². The van der Waals surface area contributed by atoms with Gasteiger partial charge in [0.05, 0.1) is 0 Å². The summed E-state index contributed by atoms with van der Waals surface area (Å²) < 4.78 is 31.9. The van der Waals surface area contributed by atoms with Crippen molar-refractivity contribution >= 4 is 11.7 Å². The number of hydrogen-bond donors (Lipinski definition) is 0. The summed E-state index contributed by atoms with van der Waals surface area (Å²) in [5, 5.41) is 0. The van der Waals surface area contributed by atoms with E-state index in [0.717, 1.165) is 12.1 Å². The van der Waals surface area contributed by atoms with E-state index in [9.17, 15) is 18.4 Å². The summed E-state index contributed by atoms with van der Waals surface area (Å²) in [6.07, 6.45) is 0. The quantitative estimate of drug-likeness (QED) is 0.763. The first-order valence-electron chi connectivity index (χ1n) is 7.28. The Morgan fingerprint density at radius 2 is 1.88 bits per heavy atom. The van der Waals surface area contributed by atoms with Crippen LogP contribution in [0.4, 0.5) is 8.78 Å². The van der Waals surface area contributed by atoms with Crippen molar-refractivity contribution in [3.63, 3.8) is 0 Å². The first kappa shape index (κ1) is 17.6. The van der Waals surface area contributed by atoms with Crippen LogP contribution in [-0.2, 0) is 11.3 Å². The SMILES string of the molecule is CC(=O)c1cccc(OCC(=O)N(C)Cc2ccc(F)cc2F)c1. The highest BCUT2D eigenvalue weighted by atomic mass is 19.1. The second kappa shape index (κ2) is 7.68. The first-order chi connectivity index (χ1) is 11.4. The molecule has 0 aromatic heterocycles. The summed E-state index contributed by atoms with van der Waals surface area (Å²) >= 11 is 0. The highest BCUT2D eigenvalue weighted by Crippen LogP contribution is 2.15. The summed E-state index contributed by atoms with van der Waals surface area (Å²) in [4.78, 5) is 24.6. The fourth-order valence-electron chi connectivity index (χ4n) is 2.05. The third-order valence-corrected chi connectivity index (χ3v) is 3.45. The predicted molar refractivity (Wildman–Crippen MR) is 84.8 cm³/mol. The minimum absolute atomic E-state index is 0.00178. The molecular weight excluding hydrogens is 316 g/mol. The van der Waals surface area contributed by atoms with Crippen molar-refractivity contribution < 1.29 is 23.1 Å². The Labute approximate surface area is 138 Å². The molecule has 0 aliphatic heterocycles. The lowest BCUT2D eigenvalue weighted by Gasteiger charge is -2.18. The number of Topliss-reactive ketones (excluding diaryl/α,β-unsaturated/α-hetero) is 1. The van der Waals surface area contributed by atoms with Gasteiger partial charge in [0.2, 0.25) is 0 Å². The third kappa shape index (κ3) is 4.62. The Bertz CT molecular complexity index is 762. The molecule has 0 fully saturated rings. The number of rotatable bonds is 6. The number of ketones is 1. The molecule has 126 valence electrons. The van der Waals surface area contributed by atoms with E-state index in [1.807, 2.05) is 0 Å².